The molecule has 0 spiro atoms. The number of imidazole rings is 1. The molecule has 3 aromatic rings. The molecule has 0 aliphatic heterocycles. The van der Waals surface area contributed by atoms with Gasteiger partial charge < -0.3 is 5.32 Å². The maximum Gasteiger partial charge on any atom is 0.276 e. The fourth-order valence-electron chi connectivity index (χ4n) is 1.62. The Morgan fingerprint density at radius 3 is 2.94 bits per heavy atom. The Hall–Kier alpha value is -2.70. The van der Waals surface area contributed by atoms with Crippen molar-refractivity contribution in [3.05, 3.63) is 42.6 Å². The third-order valence-electron chi connectivity index (χ3n) is 2.43. The first-order chi connectivity index (χ1) is 8.72. The van der Waals surface area contributed by atoms with Crippen molar-refractivity contribution in [2.45, 2.75) is 0 Å². The van der Waals surface area contributed by atoms with Crippen LogP contribution in [0.5, 0.6) is 0 Å². The van der Waals surface area contributed by atoms with E-state index in [0.29, 0.717) is 17.0 Å². The SMILES string of the molecule is Cn1cc(NC(=O)c2cn3ncccc3n2)cn1. The Morgan fingerprint density at radius 1 is 1.33 bits per heavy atom. The van der Waals surface area contributed by atoms with Gasteiger partial charge in [0.2, 0.25) is 0 Å². The van der Waals surface area contributed by atoms with E-state index in [1.807, 2.05) is 0 Å². The van der Waals surface area contributed by atoms with Gasteiger partial charge in [-0.1, -0.05) is 0 Å². The summed E-state index contributed by atoms with van der Waals surface area (Å²) in [4.78, 5) is 16.1. The molecule has 1 amide bonds. The van der Waals surface area contributed by atoms with Crippen LogP contribution in [0.3, 0.4) is 0 Å². The number of hydrogen-bond donors (Lipinski definition) is 1. The van der Waals surface area contributed by atoms with Crippen molar-refractivity contribution in [2.24, 2.45) is 7.05 Å². The van der Waals surface area contributed by atoms with Crippen LogP contribution in [0.2, 0.25) is 0 Å². The number of rotatable bonds is 2. The second kappa shape index (κ2) is 3.95. The lowest BCUT2D eigenvalue weighted by Gasteiger charge is -1.97. The number of nitrogens with one attached hydrogen (secondary N) is 1. The number of amides is 1. The lowest BCUT2D eigenvalue weighted by Crippen LogP contribution is -2.11. The number of hydrogen-bond acceptors (Lipinski definition) is 4. The first-order valence-corrected chi connectivity index (χ1v) is 5.33. The van der Waals surface area contributed by atoms with Gasteiger partial charge in [0.15, 0.2) is 5.65 Å². The fraction of sp³-hybridized carbons (Fsp3) is 0.0909. The summed E-state index contributed by atoms with van der Waals surface area (Å²) in [5.41, 5.74) is 1.58. The molecule has 0 fully saturated rings. The van der Waals surface area contributed by atoms with E-state index in [9.17, 15) is 4.79 Å². The minimum atomic E-state index is -0.284. The Balaban J connectivity index is 1.87. The zero-order chi connectivity index (χ0) is 12.5. The fourth-order valence-corrected chi connectivity index (χ4v) is 1.62. The first kappa shape index (κ1) is 10.5. The lowest BCUT2D eigenvalue weighted by molar-refractivity contribution is 0.102. The molecular formula is C11H10N6O. The minimum absolute atomic E-state index is 0.284. The number of nitrogens with zero attached hydrogens (tertiary/aromatic N) is 5. The largest absolute Gasteiger partial charge is 0.318 e. The lowest BCUT2D eigenvalue weighted by atomic mass is 10.4. The van der Waals surface area contributed by atoms with E-state index in [2.05, 4.69) is 20.5 Å². The van der Waals surface area contributed by atoms with Gasteiger partial charge in [-0.05, 0) is 12.1 Å². The molecule has 1 N–H and O–H groups in total. The van der Waals surface area contributed by atoms with E-state index in [-0.39, 0.29) is 5.91 Å². The summed E-state index contributed by atoms with van der Waals surface area (Å²) < 4.78 is 3.17. The molecule has 0 saturated carbocycles. The van der Waals surface area contributed by atoms with Crippen LogP contribution in [0.25, 0.3) is 5.65 Å². The number of carbonyl (C=O) groups excluding carboxylic acids is 1. The van der Waals surface area contributed by atoms with Crippen molar-refractivity contribution in [1.29, 1.82) is 0 Å². The summed E-state index contributed by atoms with van der Waals surface area (Å²) in [6.45, 7) is 0. The van der Waals surface area contributed by atoms with Crippen LogP contribution >= 0.6 is 0 Å². The highest BCUT2D eigenvalue weighted by Gasteiger charge is 2.11. The molecule has 90 valence electrons. The predicted molar refractivity (Wildman–Crippen MR) is 64.1 cm³/mol. The molecule has 0 saturated heterocycles. The van der Waals surface area contributed by atoms with Crippen molar-refractivity contribution in [3.8, 4) is 0 Å². The first-order valence-electron chi connectivity index (χ1n) is 5.33. The maximum atomic E-state index is 11.9. The van der Waals surface area contributed by atoms with Gasteiger partial charge in [0, 0.05) is 19.4 Å². The molecule has 7 heteroatoms. The monoisotopic (exact) mass is 242 g/mol. The third kappa shape index (κ3) is 1.81. The molecule has 0 aliphatic rings. The van der Waals surface area contributed by atoms with Gasteiger partial charge >= 0.3 is 0 Å². The number of carbonyl (C=O) groups is 1. The molecule has 7 nitrogen and oxygen atoms in total. The number of aromatic nitrogens is 5. The van der Waals surface area contributed by atoms with Crippen LogP contribution in [-0.2, 0) is 7.05 Å². The van der Waals surface area contributed by atoms with Gasteiger partial charge in [-0.3, -0.25) is 9.48 Å². The van der Waals surface area contributed by atoms with E-state index in [1.54, 1.807) is 53.2 Å². The molecular weight excluding hydrogens is 232 g/mol. The molecule has 0 atom stereocenters. The number of fused-ring (bicyclic) bond motifs is 1. The van der Waals surface area contributed by atoms with Gasteiger partial charge in [-0.15, -0.1) is 0 Å². The molecule has 3 rings (SSSR count). The van der Waals surface area contributed by atoms with Crippen LogP contribution in [0.4, 0.5) is 5.69 Å². The van der Waals surface area contributed by atoms with Gasteiger partial charge in [0.05, 0.1) is 18.1 Å². The number of anilines is 1. The molecule has 3 heterocycles. The Kier molecular flexibility index (Phi) is 2.30. The average molecular weight is 242 g/mol. The minimum Gasteiger partial charge on any atom is -0.318 e. The van der Waals surface area contributed by atoms with E-state index in [1.165, 1.54) is 0 Å². The second-order valence-electron chi connectivity index (χ2n) is 3.81. The van der Waals surface area contributed by atoms with Crippen molar-refractivity contribution in [1.82, 2.24) is 24.4 Å². The normalized spacial score (nSPS) is 10.7. The Labute approximate surface area is 102 Å². The van der Waals surface area contributed by atoms with Gasteiger partial charge in [0.1, 0.15) is 5.69 Å². The quantitative estimate of drug-likeness (QED) is 0.718. The summed E-state index contributed by atoms with van der Waals surface area (Å²) >= 11 is 0. The molecule has 0 aliphatic carbocycles. The van der Waals surface area contributed by atoms with Crippen LogP contribution in [-0.4, -0.2) is 30.3 Å². The van der Waals surface area contributed by atoms with Crippen molar-refractivity contribution in [2.75, 3.05) is 5.32 Å². The zero-order valence-electron chi connectivity index (χ0n) is 9.61. The summed E-state index contributed by atoms with van der Waals surface area (Å²) in [7, 11) is 1.78. The van der Waals surface area contributed by atoms with Gasteiger partial charge in [-0.25, -0.2) is 9.50 Å². The molecule has 18 heavy (non-hydrogen) atoms. The number of aryl methyl sites for hydroxylation is 1. The van der Waals surface area contributed by atoms with Gasteiger partial charge in [-0.2, -0.15) is 10.2 Å². The second-order valence-corrected chi connectivity index (χ2v) is 3.81. The molecule has 0 aromatic carbocycles. The van der Waals surface area contributed by atoms with Crippen LogP contribution in [0, 0.1) is 0 Å². The molecule has 3 aromatic heterocycles. The van der Waals surface area contributed by atoms with Crippen molar-refractivity contribution in [3.63, 3.8) is 0 Å². The topological polar surface area (TPSA) is 77.1 Å². The van der Waals surface area contributed by atoms with E-state index >= 15 is 0 Å². The van der Waals surface area contributed by atoms with E-state index in [0.717, 1.165) is 0 Å². The van der Waals surface area contributed by atoms with E-state index < -0.39 is 0 Å². The van der Waals surface area contributed by atoms with Crippen molar-refractivity contribution < 1.29 is 4.79 Å². The molecule has 0 unspecified atom stereocenters. The summed E-state index contributed by atoms with van der Waals surface area (Å²) in [6.07, 6.45) is 6.51. The van der Waals surface area contributed by atoms with Crippen LogP contribution in [0.15, 0.2) is 36.9 Å². The Morgan fingerprint density at radius 2 is 2.22 bits per heavy atom. The summed E-state index contributed by atoms with van der Waals surface area (Å²) in [6, 6.07) is 3.55. The van der Waals surface area contributed by atoms with Crippen LogP contribution < -0.4 is 5.32 Å². The standard InChI is InChI=1S/C11H10N6O/c1-16-6-8(5-13-16)14-11(18)9-7-17-10(15-9)3-2-4-12-17/h2-7H,1H3,(H,14,18). The highest BCUT2D eigenvalue weighted by Crippen LogP contribution is 2.08. The summed E-state index contributed by atoms with van der Waals surface area (Å²) in [5, 5.41) is 10.7. The molecule has 0 radical (unpaired) electrons. The maximum absolute atomic E-state index is 11.9. The Bertz CT molecular complexity index is 680. The highest BCUT2D eigenvalue weighted by atomic mass is 16.1. The van der Waals surface area contributed by atoms with Gasteiger partial charge in [0.25, 0.3) is 5.91 Å². The molecule has 0 bridgehead atoms. The average Bonchev–Trinajstić information content (AvgIpc) is 2.95. The third-order valence-corrected chi connectivity index (χ3v) is 2.43. The van der Waals surface area contributed by atoms with E-state index in [4.69, 9.17) is 0 Å². The summed E-state index contributed by atoms with van der Waals surface area (Å²) in [5.74, 6) is -0.284. The zero-order valence-corrected chi connectivity index (χ0v) is 9.61. The predicted octanol–water partition coefficient (Wildman–Crippen LogP) is 0.715. The van der Waals surface area contributed by atoms with Crippen LogP contribution in [0.1, 0.15) is 10.5 Å². The smallest absolute Gasteiger partial charge is 0.276 e. The highest BCUT2D eigenvalue weighted by molar-refractivity contribution is 6.03. The van der Waals surface area contributed by atoms with Crippen molar-refractivity contribution >= 4 is 17.2 Å².